The first kappa shape index (κ1) is 24.1. The fraction of sp³-hybridized carbons (Fsp3) is 0.161. The van der Waals surface area contributed by atoms with Gasteiger partial charge < -0.3 is 10.7 Å². The number of hydrogen-bond acceptors (Lipinski definition) is 4. The minimum absolute atomic E-state index is 0.176. The smallest absolute Gasteiger partial charge is 0.255 e. The minimum atomic E-state index is -0.311. The molecule has 2 aromatic heterocycles. The Morgan fingerprint density at radius 1 is 1.11 bits per heavy atom. The van der Waals surface area contributed by atoms with Crippen LogP contribution in [0, 0.1) is 12.3 Å². The lowest BCUT2D eigenvalue weighted by Gasteiger charge is -2.16. The van der Waals surface area contributed by atoms with Gasteiger partial charge in [0.2, 0.25) is 5.91 Å². The van der Waals surface area contributed by atoms with E-state index in [2.05, 4.69) is 42.0 Å². The molecular formula is C31H28N4O2. The summed E-state index contributed by atoms with van der Waals surface area (Å²) >= 11 is 0. The SMILES string of the molecule is C=CC(=O)Nc1cc(-n2c(=O)ccc3cnc4ccc(C5=CCC(=N)CCC(C)=C5)cc4c32)ccc1C. The van der Waals surface area contributed by atoms with Crippen LogP contribution < -0.4 is 10.9 Å². The third-order valence-electron chi connectivity index (χ3n) is 6.76. The fourth-order valence-corrected chi connectivity index (χ4v) is 4.70. The number of aryl methyl sites for hydroxylation is 1. The zero-order valence-corrected chi connectivity index (χ0v) is 21.0. The number of allylic oxidation sites excluding steroid dienone is 4. The molecule has 2 heterocycles. The molecule has 5 rings (SSSR count). The first-order valence-electron chi connectivity index (χ1n) is 12.3. The molecule has 1 amide bonds. The predicted octanol–water partition coefficient (Wildman–Crippen LogP) is 6.51. The molecule has 6 nitrogen and oxygen atoms in total. The van der Waals surface area contributed by atoms with Gasteiger partial charge in [0, 0.05) is 40.9 Å². The second-order valence-corrected chi connectivity index (χ2v) is 9.45. The Hall–Kier alpha value is -4.58. The van der Waals surface area contributed by atoms with Crippen molar-refractivity contribution in [3.63, 3.8) is 0 Å². The fourth-order valence-electron chi connectivity index (χ4n) is 4.70. The van der Waals surface area contributed by atoms with E-state index in [9.17, 15) is 9.59 Å². The molecule has 4 aromatic rings. The van der Waals surface area contributed by atoms with Crippen LogP contribution >= 0.6 is 0 Å². The highest BCUT2D eigenvalue weighted by atomic mass is 16.1. The highest BCUT2D eigenvalue weighted by Crippen LogP contribution is 2.31. The van der Waals surface area contributed by atoms with E-state index < -0.39 is 0 Å². The number of nitrogens with one attached hydrogen (secondary N) is 2. The molecule has 2 N–H and O–H groups in total. The van der Waals surface area contributed by atoms with Crippen LogP contribution in [0.4, 0.5) is 5.69 Å². The van der Waals surface area contributed by atoms with Crippen molar-refractivity contribution >= 4 is 44.7 Å². The van der Waals surface area contributed by atoms with Crippen LogP contribution in [0.5, 0.6) is 0 Å². The van der Waals surface area contributed by atoms with Crippen molar-refractivity contribution in [3.05, 3.63) is 107 Å². The third kappa shape index (κ3) is 4.78. The molecule has 37 heavy (non-hydrogen) atoms. The molecule has 0 atom stereocenters. The summed E-state index contributed by atoms with van der Waals surface area (Å²) in [5.41, 5.74) is 7.54. The van der Waals surface area contributed by atoms with Crippen molar-refractivity contribution in [3.8, 4) is 5.69 Å². The Kier molecular flexibility index (Phi) is 6.40. The summed E-state index contributed by atoms with van der Waals surface area (Å²) in [5.74, 6) is -0.311. The lowest BCUT2D eigenvalue weighted by Crippen LogP contribution is -2.18. The van der Waals surface area contributed by atoms with Crippen molar-refractivity contribution in [2.75, 3.05) is 5.32 Å². The maximum Gasteiger partial charge on any atom is 0.255 e. The summed E-state index contributed by atoms with van der Waals surface area (Å²) in [6.07, 6.45) is 9.59. The van der Waals surface area contributed by atoms with Crippen LogP contribution in [0.25, 0.3) is 33.1 Å². The van der Waals surface area contributed by atoms with Gasteiger partial charge in [-0.2, -0.15) is 0 Å². The van der Waals surface area contributed by atoms with Gasteiger partial charge in [-0.1, -0.05) is 36.4 Å². The number of benzene rings is 2. The Bertz CT molecular complexity index is 1720. The van der Waals surface area contributed by atoms with Gasteiger partial charge in [-0.15, -0.1) is 0 Å². The van der Waals surface area contributed by atoms with Crippen LogP contribution in [0.2, 0.25) is 0 Å². The first-order chi connectivity index (χ1) is 17.8. The molecule has 6 heteroatoms. The highest BCUT2D eigenvalue weighted by molar-refractivity contribution is 6.05. The summed E-state index contributed by atoms with van der Waals surface area (Å²) in [5, 5.41) is 12.7. The zero-order chi connectivity index (χ0) is 26.1. The summed E-state index contributed by atoms with van der Waals surface area (Å²) in [7, 11) is 0. The van der Waals surface area contributed by atoms with E-state index in [0.717, 1.165) is 57.1 Å². The van der Waals surface area contributed by atoms with Crippen molar-refractivity contribution < 1.29 is 4.79 Å². The molecule has 0 aliphatic heterocycles. The van der Waals surface area contributed by atoms with E-state index in [0.29, 0.717) is 17.8 Å². The van der Waals surface area contributed by atoms with Crippen LogP contribution in [-0.2, 0) is 4.79 Å². The number of carbonyl (C=O) groups is 1. The number of fused-ring (bicyclic) bond motifs is 3. The molecule has 0 radical (unpaired) electrons. The molecular weight excluding hydrogens is 460 g/mol. The van der Waals surface area contributed by atoms with Crippen LogP contribution in [0.15, 0.2) is 89.9 Å². The van der Waals surface area contributed by atoms with Gasteiger partial charge in [0.25, 0.3) is 5.56 Å². The number of hydrogen-bond donors (Lipinski definition) is 2. The van der Waals surface area contributed by atoms with E-state index in [1.54, 1.807) is 16.8 Å². The highest BCUT2D eigenvalue weighted by Gasteiger charge is 2.14. The average molecular weight is 489 g/mol. The monoisotopic (exact) mass is 488 g/mol. The predicted molar refractivity (Wildman–Crippen MR) is 152 cm³/mol. The van der Waals surface area contributed by atoms with Gasteiger partial charge in [-0.05, 0) is 79.8 Å². The molecule has 1 aliphatic rings. The molecule has 0 spiro atoms. The normalized spacial score (nSPS) is 14.1. The average Bonchev–Trinajstić information content (AvgIpc) is 2.89. The molecule has 1 aliphatic carbocycles. The first-order valence-corrected chi connectivity index (χ1v) is 12.3. The number of anilines is 1. The van der Waals surface area contributed by atoms with Gasteiger partial charge in [-0.25, -0.2) is 0 Å². The molecule has 0 saturated carbocycles. The minimum Gasteiger partial charge on any atom is -0.322 e. The van der Waals surface area contributed by atoms with Gasteiger partial charge in [-0.3, -0.25) is 19.1 Å². The number of aromatic nitrogens is 2. The number of amides is 1. The van der Waals surface area contributed by atoms with E-state index in [-0.39, 0.29) is 11.5 Å². The second-order valence-electron chi connectivity index (χ2n) is 9.45. The van der Waals surface area contributed by atoms with E-state index >= 15 is 0 Å². The van der Waals surface area contributed by atoms with E-state index in [1.165, 1.54) is 17.7 Å². The quantitative estimate of drug-likeness (QED) is 0.254. The Morgan fingerprint density at radius 2 is 1.95 bits per heavy atom. The number of nitrogens with zero attached hydrogens (tertiary/aromatic N) is 2. The molecule has 0 saturated heterocycles. The largest absolute Gasteiger partial charge is 0.322 e. The number of rotatable bonds is 4. The van der Waals surface area contributed by atoms with Crippen molar-refractivity contribution in [2.24, 2.45) is 0 Å². The molecule has 0 fully saturated rings. The molecule has 0 unspecified atom stereocenters. The zero-order valence-electron chi connectivity index (χ0n) is 21.0. The summed E-state index contributed by atoms with van der Waals surface area (Å²) in [6.45, 7) is 7.53. The van der Waals surface area contributed by atoms with E-state index in [1.807, 2.05) is 37.3 Å². The maximum absolute atomic E-state index is 13.3. The van der Waals surface area contributed by atoms with Gasteiger partial charge >= 0.3 is 0 Å². The third-order valence-corrected chi connectivity index (χ3v) is 6.76. The Labute approximate surface area is 215 Å². The van der Waals surface area contributed by atoms with Crippen molar-refractivity contribution in [1.29, 1.82) is 5.41 Å². The molecule has 2 aromatic carbocycles. The van der Waals surface area contributed by atoms with Gasteiger partial charge in [0.15, 0.2) is 0 Å². The second kappa shape index (κ2) is 9.82. The summed E-state index contributed by atoms with van der Waals surface area (Å²) in [4.78, 5) is 29.9. The van der Waals surface area contributed by atoms with Crippen molar-refractivity contribution in [1.82, 2.24) is 9.55 Å². The van der Waals surface area contributed by atoms with Gasteiger partial charge in [0.1, 0.15) is 0 Å². The molecule has 184 valence electrons. The topological polar surface area (TPSA) is 87.8 Å². The number of carbonyl (C=O) groups excluding carboxylic acids is 1. The summed E-state index contributed by atoms with van der Waals surface area (Å²) in [6, 6.07) is 15.0. The molecule has 0 bridgehead atoms. The van der Waals surface area contributed by atoms with Crippen LogP contribution in [0.3, 0.4) is 0 Å². The van der Waals surface area contributed by atoms with E-state index in [4.69, 9.17) is 5.41 Å². The van der Waals surface area contributed by atoms with Gasteiger partial charge in [0.05, 0.1) is 16.7 Å². The Balaban J connectivity index is 1.76. The lowest BCUT2D eigenvalue weighted by atomic mass is 9.94. The van der Waals surface area contributed by atoms with Crippen LogP contribution in [-0.4, -0.2) is 21.2 Å². The standard InChI is InChI=1S/C31H28N4O2/c1-4-29(36)34-28-17-25(12-6-20(28)3)35-30(37)14-9-23-18-33-27-13-8-22(16-26(27)31(23)35)21-7-11-24(32)10-5-19(2)15-21/h4,6-9,12-18,32H,1,5,10-11H2,2-3H3,(H,34,36). The van der Waals surface area contributed by atoms with Crippen LogP contribution in [0.1, 0.15) is 37.3 Å². The summed E-state index contributed by atoms with van der Waals surface area (Å²) < 4.78 is 1.68. The lowest BCUT2D eigenvalue weighted by molar-refractivity contribution is -0.111. The van der Waals surface area contributed by atoms with Crippen molar-refractivity contribution in [2.45, 2.75) is 33.1 Å². The number of pyridine rings is 2. The Morgan fingerprint density at radius 3 is 2.76 bits per heavy atom. The maximum atomic E-state index is 13.3.